The van der Waals surface area contributed by atoms with E-state index in [1.54, 1.807) is 16.9 Å². The topological polar surface area (TPSA) is 162 Å². The van der Waals surface area contributed by atoms with Crippen molar-refractivity contribution in [3.63, 3.8) is 0 Å². The Morgan fingerprint density at radius 3 is 2.14 bits per heavy atom. The fourth-order valence-corrected chi connectivity index (χ4v) is 2.26. The van der Waals surface area contributed by atoms with E-state index in [1.165, 1.54) is 13.0 Å². The third-order valence-corrected chi connectivity index (χ3v) is 3.79. The summed E-state index contributed by atoms with van der Waals surface area (Å²) in [4.78, 5) is 32.1. The highest BCUT2D eigenvalue weighted by atomic mass is 16.4. The number of amides is 1. The number of hydrogen-bond donors (Lipinski definition) is 4. The van der Waals surface area contributed by atoms with E-state index in [-0.39, 0.29) is 22.5 Å². The van der Waals surface area contributed by atoms with Crippen molar-refractivity contribution in [3.05, 3.63) is 77.1 Å². The summed E-state index contributed by atoms with van der Waals surface area (Å²) in [7, 11) is 0. The van der Waals surface area contributed by atoms with Gasteiger partial charge >= 0.3 is 11.9 Å². The van der Waals surface area contributed by atoms with Gasteiger partial charge in [0.25, 0.3) is 5.91 Å². The van der Waals surface area contributed by atoms with Crippen molar-refractivity contribution in [2.75, 3.05) is 5.73 Å². The Kier molecular flexibility index (Phi) is 6.12. The number of primary amides is 1. The lowest BCUT2D eigenvalue weighted by molar-refractivity contribution is 0.0695. The van der Waals surface area contributed by atoms with E-state index in [0.717, 1.165) is 11.8 Å². The monoisotopic (exact) mass is 382 g/mol. The minimum atomic E-state index is -1.20. The second kappa shape index (κ2) is 8.49. The van der Waals surface area contributed by atoms with E-state index < -0.39 is 17.8 Å². The van der Waals surface area contributed by atoms with Crippen molar-refractivity contribution in [2.24, 2.45) is 5.73 Å². The molecule has 9 heteroatoms. The molecular formula is C19H18N4O5. The molecule has 9 nitrogen and oxygen atoms in total. The van der Waals surface area contributed by atoms with Crippen LogP contribution in [0.4, 0.5) is 5.69 Å². The van der Waals surface area contributed by atoms with Crippen LogP contribution in [0.2, 0.25) is 0 Å². The first-order valence-corrected chi connectivity index (χ1v) is 7.98. The summed E-state index contributed by atoms with van der Waals surface area (Å²) in [5, 5.41) is 21.4. The van der Waals surface area contributed by atoms with Gasteiger partial charge in [0, 0.05) is 11.9 Å². The number of carbonyl (C=O) groups excluding carboxylic acids is 1. The Morgan fingerprint density at radius 2 is 1.64 bits per heavy atom. The van der Waals surface area contributed by atoms with Gasteiger partial charge in [-0.3, -0.25) is 4.79 Å². The lowest BCUT2D eigenvalue weighted by Gasteiger charge is -2.05. The molecule has 1 amide bonds. The van der Waals surface area contributed by atoms with Crippen LogP contribution in [0.3, 0.4) is 0 Å². The van der Waals surface area contributed by atoms with E-state index in [9.17, 15) is 14.4 Å². The number of anilines is 1. The Morgan fingerprint density at radius 1 is 1.00 bits per heavy atom. The fraction of sp³-hybridized carbons (Fsp3) is 0.0526. The molecule has 0 bridgehead atoms. The second-order valence-electron chi connectivity index (χ2n) is 5.69. The number of aromatic nitrogens is 2. The highest BCUT2D eigenvalue weighted by Gasteiger charge is 2.14. The molecule has 3 rings (SSSR count). The predicted molar refractivity (Wildman–Crippen MR) is 102 cm³/mol. The number of nitrogens with two attached hydrogens (primary N) is 2. The molecule has 144 valence electrons. The van der Waals surface area contributed by atoms with Crippen LogP contribution in [-0.4, -0.2) is 37.8 Å². The maximum absolute atomic E-state index is 10.8. The van der Waals surface area contributed by atoms with Gasteiger partial charge < -0.3 is 21.7 Å². The molecule has 0 atom stereocenters. The molecule has 0 unspecified atom stereocenters. The van der Waals surface area contributed by atoms with Crippen LogP contribution >= 0.6 is 0 Å². The van der Waals surface area contributed by atoms with Gasteiger partial charge in [-0.2, -0.15) is 5.10 Å². The SMILES string of the molecule is Cc1c(N)cc(C(=O)O)cc1C(=O)O.NC(=O)c1ccn(-c2ccccc2)n1. The van der Waals surface area contributed by atoms with Gasteiger partial charge in [0.15, 0.2) is 0 Å². The molecule has 28 heavy (non-hydrogen) atoms. The third-order valence-electron chi connectivity index (χ3n) is 3.79. The number of nitrogen functional groups attached to an aromatic ring is 1. The van der Waals surface area contributed by atoms with Gasteiger partial charge in [-0.15, -0.1) is 0 Å². The molecule has 3 aromatic rings. The number of hydrogen-bond acceptors (Lipinski definition) is 5. The van der Waals surface area contributed by atoms with E-state index in [1.807, 2.05) is 30.3 Å². The first kappa shape index (κ1) is 20.2. The quantitative estimate of drug-likeness (QED) is 0.501. The number of carboxylic acids is 2. The zero-order valence-electron chi connectivity index (χ0n) is 14.9. The van der Waals surface area contributed by atoms with Gasteiger partial charge in [-0.05, 0) is 42.8 Å². The Balaban J connectivity index is 0.000000200. The van der Waals surface area contributed by atoms with Crippen LogP contribution < -0.4 is 11.5 Å². The molecular weight excluding hydrogens is 364 g/mol. The zero-order chi connectivity index (χ0) is 20.8. The highest BCUT2D eigenvalue weighted by molar-refractivity contribution is 5.96. The van der Waals surface area contributed by atoms with Crippen molar-refractivity contribution in [2.45, 2.75) is 6.92 Å². The number of benzene rings is 2. The van der Waals surface area contributed by atoms with Gasteiger partial charge in [0.05, 0.1) is 16.8 Å². The standard InChI is InChI=1S/C10H9N3O.C9H9NO4/c11-10(14)9-6-7-13(12-9)8-4-2-1-3-5-8;1-4-6(9(13)14)2-5(8(11)12)3-7(4)10/h1-7H,(H2,11,14);2-3H,10H2,1H3,(H,11,12)(H,13,14). The van der Waals surface area contributed by atoms with Crippen LogP contribution in [0.1, 0.15) is 36.8 Å². The van der Waals surface area contributed by atoms with Gasteiger partial charge in [-0.1, -0.05) is 18.2 Å². The summed E-state index contributed by atoms with van der Waals surface area (Å²) in [5.74, 6) is -2.89. The van der Waals surface area contributed by atoms with Crippen molar-refractivity contribution in [1.29, 1.82) is 0 Å². The number of aromatic carboxylic acids is 2. The highest BCUT2D eigenvalue weighted by Crippen LogP contribution is 2.19. The van der Waals surface area contributed by atoms with Crippen LogP contribution in [0.15, 0.2) is 54.7 Å². The average Bonchev–Trinajstić information content (AvgIpc) is 3.15. The second-order valence-corrected chi connectivity index (χ2v) is 5.69. The number of nitrogens with zero attached hydrogens (tertiary/aromatic N) is 2. The molecule has 0 aliphatic heterocycles. The van der Waals surface area contributed by atoms with Gasteiger partial charge in [0.2, 0.25) is 0 Å². The number of rotatable bonds is 4. The van der Waals surface area contributed by atoms with Crippen LogP contribution in [0.5, 0.6) is 0 Å². The number of carbonyl (C=O) groups is 3. The molecule has 0 radical (unpaired) electrons. The molecule has 0 saturated carbocycles. The largest absolute Gasteiger partial charge is 0.478 e. The van der Waals surface area contributed by atoms with Crippen molar-refractivity contribution in [3.8, 4) is 5.69 Å². The first-order valence-electron chi connectivity index (χ1n) is 7.98. The van der Waals surface area contributed by atoms with Gasteiger partial charge in [-0.25, -0.2) is 14.3 Å². The summed E-state index contributed by atoms with van der Waals surface area (Å²) in [5.41, 5.74) is 12.1. The Bertz CT molecular complexity index is 1030. The average molecular weight is 382 g/mol. The van der Waals surface area contributed by atoms with Crippen molar-refractivity contribution >= 4 is 23.5 Å². The summed E-state index contributed by atoms with van der Waals surface area (Å²) >= 11 is 0. The fourth-order valence-electron chi connectivity index (χ4n) is 2.26. The summed E-state index contributed by atoms with van der Waals surface area (Å²) < 4.78 is 1.61. The molecule has 6 N–H and O–H groups in total. The lowest BCUT2D eigenvalue weighted by Crippen LogP contribution is -2.12. The van der Waals surface area contributed by atoms with E-state index in [4.69, 9.17) is 21.7 Å². The number of carboxylic acid groups (broad SMARTS) is 2. The minimum Gasteiger partial charge on any atom is -0.478 e. The Hall–Kier alpha value is -4.14. The predicted octanol–water partition coefficient (Wildman–Crippen LogP) is 1.94. The van der Waals surface area contributed by atoms with E-state index in [2.05, 4.69) is 5.10 Å². The summed E-state index contributed by atoms with van der Waals surface area (Å²) in [6.07, 6.45) is 1.70. The van der Waals surface area contributed by atoms with Crippen LogP contribution in [0.25, 0.3) is 5.69 Å². The molecule has 0 saturated heterocycles. The normalized spacial score (nSPS) is 9.89. The number of para-hydroxylation sites is 1. The minimum absolute atomic E-state index is 0.0811. The smallest absolute Gasteiger partial charge is 0.336 e. The lowest BCUT2D eigenvalue weighted by atomic mass is 10.0. The molecule has 0 fully saturated rings. The summed E-state index contributed by atoms with van der Waals surface area (Å²) in [6, 6.07) is 13.5. The van der Waals surface area contributed by atoms with E-state index in [0.29, 0.717) is 5.56 Å². The van der Waals surface area contributed by atoms with Crippen molar-refractivity contribution < 1.29 is 24.6 Å². The maximum atomic E-state index is 10.8. The molecule has 1 aromatic heterocycles. The van der Waals surface area contributed by atoms with Crippen LogP contribution in [0, 0.1) is 6.92 Å². The van der Waals surface area contributed by atoms with Crippen molar-refractivity contribution in [1.82, 2.24) is 9.78 Å². The zero-order valence-corrected chi connectivity index (χ0v) is 14.9. The molecule has 1 heterocycles. The van der Waals surface area contributed by atoms with Crippen LogP contribution in [-0.2, 0) is 0 Å². The first-order chi connectivity index (χ1) is 13.2. The van der Waals surface area contributed by atoms with E-state index >= 15 is 0 Å². The molecule has 0 aliphatic rings. The molecule has 0 aliphatic carbocycles. The maximum Gasteiger partial charge on any atom is 0.336 e. The van der Waals surface area contributed by atoms with Gasteiger partial charge in [0.1, 0.15) is 5.69 Å². The third kappa shape index (κ3) is 4.73. The molecule has 2 aromatic carbocycles. The Labute approximate surface area is 159 Å². The summed E-state index contributed by atoms with van der Waals surface area (Å²) in [6.45, 7) is 1.53. The molecule has 0 spiro atoms.